The Kier molecular flexibility index (Phi) is 34.1. The quantitative estimate of drug-likeness (QED) is 0.0504. The molecule has 0 aromatic rings. The summed E-state index contributed by atoms with van der Waals surface area (Å²) in [5, 5.41) is 15.8. The molecule has 0 aromatic heterocycles. The third-order valence-corrected chi connectivity index (χ3v) is 18.4. The average Bonchev–Trinajstić information content (AvgIpc) is 3.20. The van der Waals surface area contributed by atoms with Gasteiger partial charge in [0.15, 0.2) is 0 Å². The number of sulfonamides is 3. The lowest BCUT2D eigenvalue weighted by Crippen LogP contribution is -2.42. The molecular weight excluding hydrogens is 819 g/mol. The van der Waals surface area contributed by atoms with Crippen molar-refractivity contribution in [3.8, 4) is 0 Å². The topological polar surface area (TPSA) is 199 Å². The van der Waals surface area contributed by atoms with Crippen LogP contribution in [0.5, 0.6) is 0 Å². The maximum Gasteiger partial charge on any atom is 0.214 e. The molecule has 364 valence electrons. The zero-order valence-corrected chi connectivity index (χ0v) is 43.0. The van der Waals surface area contributed by atoms with Gasteiger partial charge in [0, 0.05) is 26.4 Å². The van der Waals surface area contributed by atoms with Crippen LogP contribution in [0.4, 0.5) is 0 Å². The predicted molar refractivity (Wildman–Crippen MR) is 256 cm³/mol. The predicted octanol–water partition coefficient (Wildman–Crippen LogP) is 11.3. The molecule has 0 radical (unpaired) electrons. The molecular formula is C46H99N3O8S3. The molecule has 0 spiro atoms. The fourth-order valence-electron chi connectivity index (χ4n) is 9.14. The second kappa shape index (κ2) is 33.2. The Morgan fingerprint density at radius 3 is 0.967 bits per heavy atom. The van der Waals surface area contributed by atoms with Crippen molar-refractivity contribution in [2.45, 2.75) is 240 Å². The summed E-state index contributed by atoms with van der Waals surface area (Å²) in [5.74, 6) is 0.148. The molecule has 0 aliphatic heterocycles. The number of primary sulfonamides is 3. The van der Waals surface area contributed by atoms with E-state index >= 15 is 0 Å². The molecule has 0 amide bonds. The first kappa shape index (κ1) is 61.7. The minimum atomic E-state index is -3.56. The lowest BCUT2D eigenvalue weighted by atomic mass is 9.74. The van der Waals surface area contributed by atoms with Crippen LogP contribution in [0.25, 0.3) is 0 Å². The fourth-order valence-corrected chi connectivity index (χ4v) is 12.4. The lowest BCUT2D eigenvalue weighted by Gasteiger charge is -2.32. The van der Waals surface area contributed by atoms with E-state index in [1.165, 1.54) is 70.6 Å². The monoisotopic (exact) mass is 918 g/mol. The Balaban J connectivity index is 0. The first-order valence-corrected chi connectivity index (χ1v) is 29.3. The van der Waals surface area contributed by atoms with Crippen LogP contribution in [0.2, 0.25) is 0 Å². The summed E-state index contributed by atoms with van der Waals surface area (Å²) < 4.78 is 79.8. The van der Waals surface area contributed by atoms with E-state index in [2.05, 4.69) is 34.6 Å². The molecule has 0 unspecified atom stereocenters. The van der Waals surface area contributed by atoms with E-state index in [-0.39, 0.29) is 16.9 Å². The molecule has 0 aromatic carbocycles. The summed E-state index contributed by atoms with van der Waals surface area (Å²) in [4.78, 5) is 0. The van der Waals surface area contributed by atoms with E-state index in [4.69, 9.17) is 24.9 Å². The van der Waals surface area contributed by atoms with Gasteiger partial charge in [-0.3, -0.25) is 0 Å². The fraction of sp³-hybridized carbons (Fsp3) is 1.00. The number of hydrogen-bond acceptors (Lipinski definition) is 8. The number of unbranched alkanes of at least 4 members (excludes halogenated alkanes) is 7. The van der Waals surface area contributed by atoms with Gasteiger partial charge in [-0.25, -0.2) is 40.7 Å². The first-order valence-electron chi connectivity index (χ1n) is 24.3. The highest BCUT2D eigenvalue weighted by Crippen LogP contribution is 2.39. The zero-order chi connectivity index (χ0) is 46.2. The van der Waals surface area contributed by atoms with Crippen LogP contribution in [0, 0.1) is 16.2 Å². The van der Waals surface area contributed by atoms with Gasteiger partial charge in [0.1, 0.15) is 0 Å². The van der Waals surface area contributed by atoms with Crippen LogP contribution in [0.15, 0.2) is 0 Å². The Labute approximate surface area is 373 Å². The smallest absolute Gasteiger partial charge is 0.214 e. The second-order valence-corrected chi connectivity index (χ2v) is 23.5. The largest absolute Gasteiger partial charge is 0.381 e. The highest BCUT2D eigenvalue weighted by Gasteiger charge is 2.37. The van der Waals surface area contributed by atoms with Crippen LogP contribution < -0.4 is 15.4 Å². The summed E-state index contributed by atoms with van der Waals surface area (Å²) in [6, 6.07) is 0. The summed E-state index contributed by atoms with van der Waals surface area (Å²) in [7, 11) is -10.4. The number of hydrogen-bond donors (Lipinski definition) is 3. The molecule has 0 fully saturated rings. The first-order chi connectivity index (χ1) is 28.1. The molecule has 0 rings (SSSR count). The molecule has 0 aliphatic carbocycles. The Morgan fingerprint density at radius 2 is 0.683 bits per heavy atom. The molecule has 0 aliphatic rings. The van der Waals surface area contributed by atoms with E-state index in [9.17, 15) is 25.3 Å². The van der Waals surface area contributed by atoms with Crippen LogP contribution in [-0.2, 0) is 39.5 Å². The van der Waals surface area contributed by atoms with Gasteiger partial charge >= 0.3 is 0 Å². The van der Waals surface area contributed by atoms with Gasteiger partial charge < -0.3 is 9.47 Å². The van der Waals surface area contributed by atoms with E-state index in [0.29, 0.717) is 49.7 Å². The molecule has 60 heavy (non-hydrogen) atoms. The molecule has 11 nitrogen and oxygen atoms in total. The molecule has 0 heterocycles. The molecule has 14 heteroatoms. The normalized spacial score (nSPS) is 13.4. The third kappa shape index (κ3) is 27.8. The van der Waals surface area contributed by atoms with Crippen LogP contribution in [0.1, 0.15) is 236 Å². The van der Waals surface area contributed by atoms with Crippen molar-refractivity contribution in [2.24, 2.45) is 31.7 Å². The van der Waals surface area contributed by atoms with Crippen molar-refractivity contribution in [2.75, 3.05) is 37.9 Å². The maximum atomic E-state index is 11.9. The van der Waals surface area contributed by atoms with E-state index < -0.39 is 34.8 Å². The van der Waals surface area contributed by atoms with Gasteiger partial charge in [0.2, 0.25) is 30.1 Å². The minimum absolute atomic E-state index is 0.0362. The van der Waals surface area contributed by atoms with Crippen LogP contribution in [0.3, 0.4) is 0 Å². The number of rotatable bonds is 40. The van der Waals surface area contributed by atoms with Gasteiger partial charge in [-0.1, -0.05) is 133 Å². The Bertz CT molecular complexity index is 1360. The lowest BCUT2D eigenvalue weighted by molar-refractivity contribution is 0.113. The third-order valence-electron chi connectivity index (χ3n) is 14.5. The van der Waals surface area contributed by atoms with Crippen molar-refractivity contribution >= 4 is 30.1 Å². The van der Waals surface area contributed by atoms with Crippen molar-refractivity contribution in [1.29, 1.82) is 0 Å². The van der Waals surface area contributed by atoms with Crippen molar-refractivity contribution in [3.63, 3.8) is 0 Å². The zero-order valence-electron chi connectivity index (χ0n) is 40.6. The molecule has 0 atom stereocenters. The summed E-state index contributed by atoms with van der Waals surface area (Å²) in [5.41, 5.74) is 0.665. The van der Waals surface area contributed by atoms with Gasteiger partial charge in [0.05, 0.1) is 16.3 Å². The van der Waals surface area contributed by atoms with E-state index in [1.54, 1.807) is 0 Å². The molecule has 6 N–H and O–H groups in total. The van der Waals surface area contributed by atoms with Gasteiger partial charge in [-0.2, -0.15) is 0 Å². The summed E-state index contributed by atoms with van der Waals surface area (Å²) in [6.07, 6.45) is 27.9. The van der Waals surface area contributed by atoms with Gasteiger partial charge in [-0.15, -0.1) is 0 Å². The average molecular weight is 919 g/mol. The summed E-state index contributed by atoms with van der Waals surface area (Å²) >= 11 is 0. The number of nitrogens with two attached hydrogens (primary N) is 3. The standard InChI is InChI=1S/C27H57NO3S.C19H42N2O5S2/c1-6-11-12-19-26(7-2,8-3)20-13-16-23-31-24-17-14-21-27(9-4,10-5)22-15-18-25-32(28,29)30;1-5-18(6-2,17-27(20,22)23)13-9-11-15-26-16-12-10-14-19(7-3,8-4)28(21,24)25/h6-25H2,1-5H3,(H2,28,29,30);5-17H2,1-4H3,(H2,20,22,23)(H2,21,24,25). The van der Waals surface area contributed by atoms with Crippen LogP contribution >= 0.6 is 0 Å². The minimum Gasteiger partial charge on any atom is -0.381 e. The Hall–Kier alpha value is -0.350. The summed E-state index contributed by atoms with van der Waals surface area (Å²) in [6.45, 7) is 22.3. The number of ether oxygens (including phenoxy) is 2. The second-order valence-electron chi connectivity index (χ2n) is 18.2. The Morgan fingerprint density at radius 1 is 0.367 bits per heavy atom. The molecule has 0 bridgehead atoms. The van der Waals surface area contributed by atoms with Crippen molar-refractivity contribution < 1.29 is 34.7 Å². The van der Waals surface area contributed by atoms with Gasteiger partial charge in [0.25, 0.3) is 0 Å². The molecule has 0 saturated carbocycles. The van der Waals surface area contributed by atoms with Crippen LogP contribution in [-0.4, -0.2) is 67.9 Å². The maximum absolute atomic E-state index is 11.9. The molecule has 0 saturated heterocycles. The van der Waals surface area contributed by atoms with Crippen molar-refractivity contribution in [1.82, 2.24) is 0 Å². The van der Waals surface area contributed by atoms with Crippen molar-refractivity contribution in [3.05, 3.63) is 0 Å². The highest BCUT2D eigenvalue weighted by molar-refractivity contribution is 7.90. The van der Waals surface area contributed by atoms with E-state index in [1.807, 2.05) is 27.7 Å². The SMILES string of the molecule is CCC(CC)(CCCCOCCCCC(CC)(CC)S(N)(=O)=O)CS(N)(=O)=O.CCCCCC(CC)(CC)CCCCOCCCCC(CC)(CC)CCCCS(N)(=O)=O. The highest BCUT2D eigenvalue weighted by atomic mass is 32.2. The van der Waals surface area contributed by atoms with E-state index in [0.717, 1.165) is 90.3 Å². The van der Waals surface area contributed by atoms with Gasteiger partial charge in [-0.05, 0) is 119 Å².